The molecule has 0 spiro atoms. The first-order valence-corrected chi connectivity index (χ1v) is 7.48. The van der Waals surface area contributed by atoms with Crippen molar-refractivity contribution in [1.29, 1.82) is 0 Å². The molecule has 1 N–H and O–H groups in total. The molecule has 5 nitrogen and oxygen atoms in total. The first-order chi connectivity index (χ1) is 11.1. The number of carboxylic acid groups (broad SMARTS) is 1. The van der Waals surface area contributed by atoms with E-state index in [-0.39, 0.29) is 12.5 Å². The monoisotopic (exact) mass is 311 g/mol. The number of anilines is 1. The van der Waals surface area contributed by atoms with Gasteiger partial charge in [0.1, 0.15) is 5.75 Å². The smallest absolute Gasteiger partial charge is 0.346 e. The van der Waals surface area contributed by atoms with E-state index in [0.717, 1.165) is 5.56 Å². The number of hydrogen-bond acceptors (Lipinski definition) is 3. The van der Waals surface area contributed by atoms with E-state index >= 15 is 0 Å². The van der Waals surface area contributed by atoms with Crippen LogP contribution in [-0.2, 0) is 16.0 Å². The molecule has 2 aromatic carbocycles. The summed E-state index contributed by atoms with van der Waals surface area (Å²) in [5.41, 5.74) is 1.71. The largest absolute Gasteiger partial charge is 0.478 e. The molecule has 1 aliphatic heterocycles. The molecule has 1 amide bonds. The minimum absolute atomic E-state index is 0.0277. The second kappa shape index (κ2) is 6.52. The predicted octanol–water partition coefficient (Wildman–Crippen LogP) is 2.50. The zero-order valence-corrected chi connectivity index (χ0v) is 12.5. The van der Waals surface area contributed by atoms with Gasteiger partial charge in [-0.2, -0.15) is 0 Å². The van der Waals surface area contributed by atoms with Crippen LogP contribution in [0.4, 0.5) is 5.69 Å². The Kier molecular flexibility index (Phi) is 4.28. The number of carbonyl (C=O) groups excluding carboxylic acids is 1. The van der Waals surface area contributed by atoms with Gasteiger partial charge in [-0.05, 0) is 24.1 Å². The Labute approximate surface area is 134 Å². The lowest BCUT2D eigenvalue weighted by atomic mass is 10.1. The Morgan fingerprint density at radius 1 is 1.09 bits per heavy atom. The standard InChI is InChI=1S/C18H17NO4/c20-17(11-10-13-6-2-1-3-7-13)19-12-16(18(21)22)23-15-9-5-4-8-14(15)19/h1-9,16H,10-12H2,(H,21,22)/t16-/m1/s1. The fourth-order valence-electron chi connectivity index (χ4n) is 2.63. The van der Waals surface area contributed by atoms with Crippen molar-refractivity contribution in [2.45, 2.75) is 18.9 Å². The summed E-state index contributed by atoms with van der Waals surface area (Å²) in [5.74, 6) is -0.740. The maximum Gasteiger partial charge on any atom is 0.346 e. The van der Waals surface area contributed by atoms with Crippen molar-refractivity contribution < 1.29 is 19.4 Å². The molecule has 2 aromatic rings. The number of para-hydroxylation sites is 2. The maximum atomic E-state index is 12.6. The Bertz CT molecular complexity index is 714. The van der Waals surface area contributed by atoms with Crippen molar-refractivity contribution in [2.24, 2.45) is 0 Å². The molecular weight excluding hydrogens is 294 g/mol. The van der Waals surface area contributed by atoms with Crippen LogP contribution in [0, 0.1) is 0 Å². The van der Waals surface area contributed by atoms with Crippen LogP contribution in [0.15, 0.2) is 54.6 Å². The number of aliphatic carboxylic acids is 1. The number of nitrogens with zero attached hydrogens (tertiary/aromatic N) is 1. The van der Waals surface area contributed by atoms with Gasteiger partial charge in [-0.3, -0.25) is 4.79 Å². The van der Waals surface area contributed by atoms with Crippen molar-refractivity contribution in [3.05, 3.63) is 60.2 Å². The molecule has 0 fully saturated rings. The highest BCUT2D eigenvalue weighted by atomic mass is 16.5. The molecule has 0 unspecified atom stereocenters. The number of fused-ring (bicyclic) bond motifs is 1. The summed E-state index contributed by atoms with van der Waals surface area (Å²) in [7, 11) is 0. The summed E-state index contributed by atoms with van der Waals surface area (Å²) in [4.78, 5) is 25.3. The number of rotatable bonds is 4. The number of ether oxygens (including phenoxy) is 1. The van der Waals surface area contributed by atoms with Crippen molar-refractivity contribution >= 4 is 17.6 Å². The summed E-state index contributed by atoms with van der Waals surface area (Å²) in [6.07, 6.45) is -0.0905. The summed E-state index contributed by atoms with van der Waals surface area (Å²) in [6, 6.07) is 16.8. The third kappa shape index (κ3) is 3.34. The molecular formula is C18H17NO4. The summed E-state index contributed by atoms with van der Waals surface area (Å²) < 4.78 is 5.44. The molecule has 1 aliphatic rings. The van der Waals surface area contributed by atoms with Crippen LogP contribution in [0.2, 0.25) is 0 Å². The Morgan fingerprint density at radius 3 is 2.52 bits per heavy atom. The molecule has 1 atom stereocenters. The van der Waals surface area contributed by atoms with Gasteiger partial charge in [0.15, 0.2) is 0 Å². The van der Waals surface area contributed by atoms with Crippen molar-refractivity contribution in [3.63, 3.8) is 0 Å². The van der Waals surface area contributed by atoms with Crippen LogP contribution in [0.1, 0.15) is 12.0 Å². The van der Waals surface area contributed by atoms with E-state index in [2.05, 4.69) is 0 Å². The van der Waals surface area contributed by atoms with Gasteiger partial charge >= 0.3 is 5.97 Å². The third-order valence-electron chi connectivity index (χ3n) is 3.82. The topological polar surface area (TPSA) is 66.8 Å². The van der Waals surface area contributed by atoms with Gasteiger partial charge in [0.05, 0.1) is 12.2 Å². The van der Waals surface area contributed by atoms with Crippen LogP contribution in [0.5, 0.6) is 5.75 Å². The van der Waals surface area contributed by atoms with Crippen LogP contribution in [0.25, 0.3) is 0 Å². The Morgan fingerprint density at radius 2 is 1.78 bits per heavy atom. The highest BCUT2D eigenvalue weighted by Gasteiger charge is 2.33. The average molecular weight is 311 g/mol. The molecule has 0 bridgehead atoms. The zero-order valence-electron chi connectivity index (χ0n) is 12.5. The lowest BCUT2D eigenvalue weighted by Gasteiger charge is -2.33. The van der Waals surface area contributed by atoms with Crippen LogP contribution in [0.3, 0.4) is 0 Å². The van der Waals surface area contributed by atoms with Crippen LogP contribution >= 0.6 is 0 Å². The number of hydrogen-bond donors (Lipinski definition) is 1. The van der Waals surface area contributed by atoms with Crippen molar-refractivity contribution in [1.82, 2.24) is 0 Å². The summed E-state index contributed by atoms with van der Waals surface area (Å²) in [6.45, 7) is 0.0277. The third-order valence-corrected chi connectivity index (χ3v) is 3.82. The minimum Gasteiger partial charge on any atom is -0.478 e. The Balaban J connectivity index is 1.77. The predicted molar refractivity (Wildman–Crippen MR) is 85.6 cm³/mol. The lowest BCUT2D eigenvalue weighted by molar-refractivity contribution is -0.145. The SMILES string of the molecule is O=C(O)[C@H]1CN(C(=O)CCc2ccccc2)c2ccccc2O1. The molecule has 23 heavy (non-hydrogen) atoms. The van der Waals surface area contributed by atoms with Gasteiger partial charge < -0.3 is 14.7 Å². The van der Waals surface area contributed by atoms with Gasteiger partial charge in [-0.1, -0.05) is 42.5 Å². The fraction of sp³-hybridized carbons (Fsp3) is 0.222. The maximum absolute atomic E-state index is 12.6. The molecule has 0 aromatic heterocycles. The van der Waals surface area contributed by atoms with E-state index in [1.54, 1.807) is 24.3 Å². The molecule has 0 saturated carbocycles. The summed E-state index contributed by atoms with van der Waals surface area (Å²) in [5, 5.41) is 9.21. The van der Waals surface area contributed by atoms with E-state index in [0.29, 0.717) is 24.3 Å². The second-order valence-electron chi connectivity index (χ2n) is 5.40. The fourth-order valence-corrected chi connectivity index (χ4v) is 2.63. The zero-order chi connectivity index (χ0) is 16.2. The highest BCUT2D eigenvalue weighted by Crippen LogP contribution is 2.33. The lowest BCUT2D eigenvalue weighted by Crippen LogP contribution is -2.47. The molecule has 118 valence electrons. The molecule has 1 heterocycles. The van der Waals surface area contributed by atoms with Gasteiger partial charge in [-0.25, -0.2) is 4.79 Å². The first kappa shape index (κ1) is 15.1. The Hall–Kier alpha value is -2.82. The van der Waals surface area contributed by atoms with Crippen molar-refractivity contribution in [2.75, 3.05) is 11.4 Å². The van der Waals surface area contributed by atoms with E-state index in [9.17, 15) is 14.7 Å². The van der Waals surface area contributed by atoms with Gasteiger partial charge in [0, 0.05) is 6.42 Å². The number of carboxylic acids is 1. The molecule has 0 saturated heterocycles. The van der Waals surface area contributed by atoms with E-state index in [4.69, 9.17) is 4.74 Å². The van der Waals surface area contributed by atoms with E-state index < -0.39 is 12.1 Å². The molecule has 5 heteroatoms. The summed E-state index contributed by atoms with van der Waals surface area (Å²) >= 11 is 0. The van der Waals surface area contributed by atoms with Crippen LogP contribution in [-0.4, -0.2) is 29.6 Å². The normalized spacial score (nSPS) is 16.3. The number of amides is 1. The van der Waals surface area contributed by atoms with Gasteiger partial charge in [-0.15, -0.1) is 0 Å². The van der Waals surface area contributed by atoms with Gasteiger partial charge in [0.25, 0.3) is 0 Å². The highest BCUT2D eigenvalue weighted by molar-refractivity contribution is 5.96. The number of carbonyl (C=O) groups is 2. The van der Waals surface area contributed by atoms with Crippen LogP contribution < -0.4 is 9.64 Å². The molecule has 3 rings (SSSR count). The van der Waals surface area contributed by atoms with E-state index in [1.165, 1.54) is 4.90 Å². The van der Waals surface area contributed by atoms with Gasteiger partial charge in [0.2, 0.25) is 12.0 Å². The first-order valence-electron chi connectivity index (χ1n) is 7.48. The number of aryl methyl sites for hydroxylation is 1. The second-order valence-corrected chi connectivity index (χ2v) is 5.40. The molecule has 0 aliphatic carbocycles. The van der Waals surface area contributed by atoms with Crippen molar-refractivity contribution in [3.8, 4) is 5.75 Å². The average Bonchev–Trinajstić information content (AvgIpc) is 2.59. The van der Waals surface area contributed by atoms with E-state index in [1.807, 2.05) is 30.3 Å². The quantitative estimate of drug-likeness (QED) is 0.942. The molecule has 0 radical (unpaired) electrons. The number of benzene rings is 2. The minimum atomic E-state index is -1.07.